The van der Waals surface area contributed by atoms with E-state index >= 15 is 0 Å². The number of fused-ring (bicyclic) bond motifs is 1. The molecule has 0 radical (unpaired) electrons. The van der Waals surface area contributed by atoms with E-state index in [-0.39, 0.29) is 12.5 Å². The number of rotatable bonds is 7. The molecule has 3 rings (SSSR count). The quantitative estimate of drug-likeness (QED) is 0.734. The summed E-state index contributed by atoms with van der Waals surface area (Å²) in [7, 11) is 1.32. The number of hydrogen-bond acceptors (Lipinski definition) is 4. The predicted molar refractivity (Wildman–Crippen MR) is 103 cm³/mol. The van der Waals surface area contributed by atoms with Crippen LogP contribution in [0.5, 0.6) is 0 Å². The van der Waals surface area contributed by atoms with Crippen LogP contribution in [0.2, 0.25) is 0 Å². The number of aromatic amines is 1. The van der Waals surface area contributed by atoms with E-state index < -0.39 is 11.9 Å². The van der Waals surface area contributed by atoms with Gasteiger partial charge in [-0.25, -0.2) is 0 Å². The lowest BCUT2D eigenvalue weighted by Gasteiger charge is -2.25. The number of methoxy groups -OCH3 is 1. The van der Waals surface area contributed by atoms with Crippen LogP contribution in [-0.2, 0) is 20.7 Å². The average molecular weight is 370 g/mol. The van der Waals surface area contributed by atoms with E-state index in [1.54, 1.807) is 4.90 Å². The number of hydrogen-bond donors (Lipinski definition) is 2. The SMILES string of the molecule is CCC1=CN(CCc2c(C(CO)C(=O)OC)[nH]c3ccccc23)C(=O)CC1. The lowest BCUT2D eigenvalue weighted by atomic mass is 9.98. The minimum absolute atomic E-state index is 0.125. The van der Waals surface area contributed by atoms with Crippen LogP contribution in [0.25, 0.3) is 10.9 Å². The molecule has 1 atom stereocenters. The Bertz CT molecular complexity index is 868. The summed E-state index contributed by atoms with van der Waals surface area (Å²) < 4.78 is 4.86. The number of carbonyl (C=O) groups excluding carboxylic acids is 2. The average Bonchev–Trinajstić information content (AvgIpc) is 3.06. The van der Waals surface area contributed by atoms with Crippen molar-refractivity contribution < 1.29 is 19.4 Å². The first-order chi connectivity index (χ1) is 13.1. The number of nitrogens with zero attached hydrogens (tertiary/aromatic N) is 1. The molecule has 2 aromatic rings. The van der Waals surface area contributed by atoms with Crippen molar-refractivity contribution in [2.75, 3.05) is 20.3 Å². The molecular formula is C21H26N2O4. The highest BCUT2D eigenvalue weighted by Gasteiger charge is 2.27. The second-order valence-corrected chi connectivity index (χ2v) is 6.80. The van der Waals surface area contributed by atoms with Crippen LogP contribution in [0.1, 0.15) is 43.4 Å². The Kier molecular flexibility index (Phi) is 5.96. The lowest BCUT2D eigenvalue weighted by molar-refractivity contribution is -0.143. The van der Waals surface area contributed by atoms with Crippen molar-refractivity contribution in [2.45, 2.75) is 38.5 Å². The molecular weight excluding hydrogens is 344 g/mol. The molecule has 0 saturated carbocycles. The summed E-state index contributed by atoms with van der Waals surface area (Å²) in [6.07, 6.45) is 4.87. The standard InChI is InChI=1S/C21H26N2O4/c1-3-14-8-9-19(25)23(12-14)11-10-16-15-6-4-5-7-18(15)22-20(16)17(13-24)21(26)27-2/h4-7,12,17,22,24H,3,8-11,13H2,1-2H3. The number of para-hydroxylation sites is 1. The van der Waals surface area contributed by atoms with E-state index in [0.717, 1.165) is 29.3 Å². The van der Waals surface area contributed by atoms with Gasteiger partial charge in [0.25, 0.3) is 0 Å². The van der Waals surface area contributed by atoms with Gasteiger partial charge in [-0.15, -0.1) is 0 Å². The second kappa shape index (κ2) is 8.39. The molecule has 6 heteroatoms. The monoisotopic (exact) mass is 370 g/mol. The first-order valence-corrected chi connectivity index (χ1v) is 9.36. The maximum Gasteiger partial charge on any atom is 0.317 e. The van der Waals surface area contributed by atoms with Crippen molar-refractivity contribution in [3.8, 4) is 0 Å². The number of benzene rings is 1. The largest absolute Gasteiger partial charge is 0.468 e. The zero-order valence-corrected chi connectivity index (χ0v) is 15.8. The van der Waals surface area contributed by atoms with Crippen molar-refractivity contribution >= 4 is 22.8 Å². The molecule has 1 aliphatic rings. The van der Waals surface area contributed by atoms with Crippen LogP contribution in [0, 0.1) is 0 Å². The lowest BCUT2D eigenvalue weighted by Crippen LogP contribution is -2.31. The fourth-order valence-corrected chi connectivity index (χ4v) is 3.67. The van der Waals surface area contributed by atoms with Crippen molar-refractivity contribution in [3.63, 3.8) is 0 Å². The molecule has 27 heavy (non-hydrogen) atoms. The van der Waals surface area contributed by atoms with E-state index in [2.05, 4.69) is 11.9 Å². The first kappa shape index (κ1) is 19.2. The van der Waals surface area contributed by atoms with Crippen LogP contribution < -0.4 is 0 Å². The molecule has 1 aliphatic heterocycles. The van der Waals surface area contributed by atoms with E-state index in [9.17, 15) is 14.7 Å². The van der Waals surface area contributed by atoms with Gasteiger partial charge in [-0.1, -0.05) is 30.7 Å². The molecule has 144 valence electrons. The summed E-state index contributed by atoms with van der Waals surface area (Å²) in [5.41, 5.74) is 3.78. The van der Waals surface area contributed by atoms with Gasteiger partial charge in [0, 0.05) is 35.8 Å². The Morgan fingerprint density at radius 2 is 2.11 bits per heavy atom. The maximum absolute atomic E-state index is 12.3. The smallest absolute Gasteiger partial charge is 0.317 e. The van der Waals surface area contributed by atoms with Crippen molar-refractivity contribution in [1.82, 2.24) is 9.88 Å². The number of aliphatic hydroxyl groups is 1. The highest BCUT2D eigenvalue weighted by molar-refractivity contribution is 5.88. The molecule has 2 N–H and O–H groups in total. The van der Waals surface area contributed by atoms with Crippen molar-refractivity contribution in [2.24, 2.45) is 0 Å². The number of aromatic nitrogens is 1. The highest BCUT2D eigenvalue weighted by Crippen LogP contribution is 2.30. The van der Waals surface area contributed by atoms with Crippen molar-refractivity contribution in [1.29, 1.82) is 0 Å². The van der Waals surface area contributed by atoms with Crippen molar-refractivity contribution in [3.05, 3.63) is 47.3 Å². The maximum atomic E-state index is 12.3. The van der Waals surface area contributed by atoms with Crippen LogP contribution in [0.15, 0.2) is 36.0 Å². The topological polar surface area (TPSA) is 82.6 Å². The Morgan fingerprint density at radius 3 is 2.81 bits per heavy atom. The molecule has 0 aliphatic carbocycles. The number of amides is 1. The molecule has 2 heterocycles. The molecule has 0 bridgehead atoms. The molecule has 6 nitrogen and oxygen atoms in total. The molecule has 1 amide bonds. The van der Waals surface area contributed by atoms with Gasteiger partial charge in [-0.05, 0) is 30.9 Å². The minimum atomic E-state index is -0.767. The molecule has 1 aromatic heterocycles. The Labute approximate surface area is 158 Å². The number of nitrogens with one attached hydrogen (secondary N) is 1. The number of ether oxygens (including phenoxy) is 1. The molecule has 0 fully saturated rings. The number of aliphatic hydroxyl groups excluding tert-OH is 1. The summed E-state index contributed by atoms with van der Waals surface area (Å²) >= 11 is 0. The van der Waals surface area contributed by atoms with E-state index in [4.69, 9.17) is 4.74 Å². The fraction of sp³-hybridized carbons (Fsp3) is 0.429. The number of allylic oxidation sites excluding steroid dienone is 1. The van der Waals surface area contributed by atoms with Gasteiger partial charge in [0.05, 0.1) is 13.7 Å². The van der Waals surface area contributed by atoms with Gasteiger partial charge in [-0.2, -0.15) is 0 Å². The van der Waals surface area contributed by atoms with Gasteiger partial charge in [0.15, 0.2) is 0 Å². The Morgan fingerprint density at radius 1 is 1.33 bits per heavy atom. The molecule has 1 aromatic carbocycles. The van der Waals surface area contributed by atoms with E-state index in [1.807, 2.05) is 30.5 Å². The van der Waals surface area contributed by atoms with Gasteiger partial charge < -0.3 is 19.7 Å². The summed E-state index contributed by atoms with van der Waals surface area (Å²) in [5.74, 6) is -1.12. The van der Waals surface area contributed by atoms with Gasteiger partial charge in [0.1, 0.15) is 5.92 Å². The van der Waals surface area contributed by atoms with E-state index in [0.29, 0.717) is 25.1 Å². The fourth-order valence-electron chi connectivity index (χ4n) is 3.67. The third-order valence-corrected chi connectivity index (χ3v) is 5.24. The third-order valence-electron chi connectivity index (χ3n) is 5.24. The summed E-state index contributed by atoms with van der Waals surface area (Å²) in [5, 5.41) is 10.8. The van der Waals surface area contributed by atoms with Crippen LogP contribution in [0.3, 0.4) is 0 Å². The summed E-state index contributed by atoms with van der Waals surface area (Å²) in [6.45, 7) is 2.30. The van der Waals surface area contributed by atoms with E-state index in [1.165, 1.54) is 12.7 Å². The van der Waals surface area contributed by atoms with Gasteiger partial charge in [0.2, 0.25) is 5.91 Å². The molecule has 1 unspecified atom stereocenters. The Balaban J connectivity index is 1.94. The predicted octanol–water partition coefficient (Wildman–Crippen LogP) is 2.88. The normalized spacial score (nSPS) is 15.7. The van der Waals surface area contributed by atoms with Gasteiger partial charge in [-0.3, -0.25) is 9.59 Å². The Hall–Kier alpha value is -2.60. The van der Waals surface area contributed by atoms with Crippen LogP contribution >= 0.6 is 0 Å². The highest BCUT2D eigenvalue weighted by atomic mass is 16.5. The number of esters is 1. The van der Waals surface area contributed by atoms with Crippen LogP contribution in [-0.4, -0.2) is 47.1 Å². The van der Waals surface area contributed by atoms with Gasteiger partial charge >= 0.3 is 5.97 Å². The zero-order valence-electron chi connectivity index (χ0n) is 15.8. The second-order valence-electron chi connectivity index (χ2n) is 6.80. The summed E-state index contributed by atoms with van der Waals surface area (Å²) in [6, 6.07) is 7.79. The summed E-state index contributed by atoms with van der Waals surface area (Å²) in [4.78, 5) is 29.5. The minimum Gasteiger partial charge on any atom is -0.468 e. The number of H-pyrrole nitrogens is 1. The third kappa shape index (κ3) is 3.90. The zero-order chi connectivity index (χ0) is 19.4. The first-order valence-electron chi connectivity index (χ1n) is 9.36. The van der Waals surface area contributed by atoms with Crippen LogP contribution in [0.4, 0.5) is 0 Å². The number of carbonyl (C=O) groups is 2. The molecule has 0 saturated heterocycles. The molecule has 0 spiro atoms.